The van der Waals surface area contributed by atoms with Gasteiger partial charge in [0.15, 0.2) is 0 Å². The van der Waals surface area contributed by atoms with E-state index in [9.17, 15) is 4.79 Å². The molecule has 2 heteroatoms. The van der Waals surface area contributed by atoms with Gasteiger partial charge in [-0.05, 0) is 35.7 Å². The lowest BCUT2D eigenvalue weighted by Gasteiger charge is -2.17. The number of fused-ring (bicyclic) bond motifs is 1. The lowest BCUT2D eigenvalue weighted by molar-refractivity contribution is -0.121. The first kappa shape index (κ1) is 15.3. The van der Waals surface area contributed by atoms with E-state index in [0.717, 1.165) is 11.1 Å². The Labute approximate surface area is 137 Å². The van der Waals surface area contributed by atoms with Gasteiger partial charge in [-0.2, -0.15) is 0 Å². The number of hydrogen-bond donors (Lipinski definition) is 1. The summed E-state index contributed by atoms with van der Waals surface area (Å²) in [5.41, 5.74) is 3.40. The molecule has 0 saturated carbocycles. The summed E-state index contributed by atoms with van der Waals surface area (Å²) in [5.74, 6) is 0.0503. The molecule has 0 fully saturated rings. The molecule has 2 nitrogen and oxygen atoms in total. The first-order chi connectivity index (χ1) is 11.1. The third kappa shape index (κ3) is 3.59. The standard InChI is InChI=1S/C21H21NO/c1-15-10-12-17(13-11-15)14-21(23)22-16(2)19-9-5-7-18-6-3-4-8-20(18)19/h3-13,16H,14H2,1-2H3,(H,22,23). The van der Waals surface area contributed by atoms with E-state index in [2.05, 4.69) is 29.6 Å². The first-order valence-electron chi connectivity index (χ1n) is 7.96. The van der Waals surface area contributed by atoms with E-state index >= 15 is 0 Å². The lowest BCUT2D eigenvalue weighted by Crippen LogP contribution is -2.28. The van der Waals surface area contributed by atoms with Crippen LogP contribution in [-0.2, 0) is 11.2 Å². The minimum atomic E-state index is -0.0148. The fourth-order valence-electron chi connectivity index (χ4n) is 2.89. The molecule has 116 valence electrons. The highest BCUT2D eigenvalue weighted by Gasteiger charge is 2.12. The van der Waals surface area contributed by atoms with Crippen LogP contribution in [0.25, 0.3) is 10.8 Å². The highest BCUT2D eigenvalue weighted by molar-refractivity contribution is 5.87. The molecule has 0 spiro atoms. The average Bonchev–Trinajstić information content (AvgIpc) is 2.56. The van der Waals surface area contributed by atoms with E-state index in [1.807, 2.05) is 56.3 Å². The van der Waals surface area contributed by atoms with E-state index in [1.54, 1.807) is 0 Å². The molecular weight excluding hydrogens is 282 g/mol. The van der Waals surface area contributed by atoms with Crippen LogP contribution < -0.4 is 5.32 Å². The van der Waals surface area contributed by atoms with Crippen LogP contribution in [0.5, 0.6) is 0 Å². The van der Waals surface area contributed by atoms with E-state index in [1.165, 1.54) is 16.3 Å². The van der Waals surface area contributed by atoms with Gasteiger partial charge in [-0.15, -0.1) is 0 Å². The lowest BCUT2D eigenvalue weighted by atomic mass is 9.99. The molecule has 0 aliphatic carbocycles. The topological polar surface area (TPSA) is 29.1 Å². The number of benzene rings is 3. The van der Waals surface area contributed by atoms with Gasteiger partial charge in [-0.3, -0.25) is 4.79 Å². The second-order valence-electron chi connectivity index (χ2n) is 6.02. The Hall–Kier alpha value is -2.61. The Morgan fingerprint density at radius 1 is 0.957 bits per heavy atom. The van der Waals surface area contributed by atoms with Crippen LogP contribution in [0.2, 0.25) is 0 Å². The summed E-state index contributed by atoms with van der Waals surface area (Å²) in [6.07, 6.45) is 0.412. The highest BCUT2D eigenvalue weighted by Crippen LogP contribution is 2.24. The molecule has 23 heavy (non-hydrogen) atoms. The smallest absolute Gasteiger partial charge is 0.224 e. The van der Waals surface area contributed by atoms with Crippen LogP contribution in [0, 0.1) is 6.92 Å². The zero-order valence-corrected chi connectivity index (χ0v) is 13.5. The van der Waals surface area contributed by atoms with Crippen molar-refractivity contribution in [1.82, 2.24) is 5.32 Å². The highest BCUT2D eigenvalue weighted by atomic mass is 16.1. The molecule has 3 aromatic carbocycles. The molecule has 0 aromatic heterocycles. The minimum absolute atomic E-state index is 0.0148. The maximum atomic E-state index is 12.3. The zero-order chi connectivity index (χ0) is 16.2. The summed E-state index contributed by atoms with van der Waals surface area (Å²) >= 11 is 0. The quantitative estimate of drug-likeness (QED) is 0.751. The molecule has 0 bridgehead atoms. The Morgan fingerprint density at radius 2 is 1.65 bits per heavy atom. The van der Waals surface area contributed by atoms with Crippen molar-refractivity contribution in [3.05, 3.63) is 83.4 Å². The molecule has 1 atom stereocenters. The largest absolute Gasteiger partial charge is 0.349 e. The van der Waals surface area contributed by atoms with Gasteiger partial charge in [-0.1, -0.05) is 72.3 Å². The summed E-state index contributed by atoms with van der Waals surface area (Å²) in [6, 6.07) is 22.6. The number of carbonyl (C=O) groups is 1. The predicted molar refractivity (Wildman–Crippen MR) is 95.4 cm³/mol. The fourth-order valence-corrected chi connectivity index (χ4v) is 2.89. The van der Waals surface area contributed by atoms with Crippen LogP contribution in [-0.4, -0.2) is 5.91 Å². The summed E-state index contributed by atoms with van der Waals surface area (Å²) in [5, 5.41) is 5.50. The van der Waals surface area contributed by atoms with Crippen LogP contribution in [0.15, 0.2) is 66.7 Å². The maximum absolute atomic E-state index is 12.3. The van der Waals surface area contributed by atoms with Crippen molar-refractivity contribution in [2.75, 3.05) is 0 Å². The van der Waals surface area contributed by atoms with Crippen LogP contribution in [0.4, 0.5) is 0 Å². The van der Waals surface area contributed by atoms with Gasteiger partial charge < -0.3 is 5.32 Å². The Bertz CT molecular complexity index is 815. The van der Waals surface area contributed by atoms with Crippen LogP contribution >= 0.6 is 0 Å². The van der Waals surface area contributed by atoms with Crippen molar-refractivity contribution < 1.29 is 4.79 Å². The van der Waals surface area contributed by atoms with E-state index < -0.39 is 0 Å². The van der Waals surface area contributed by atoms with Crippen molar-refractivity contribution in [2.24, 2.45) is 0 Å². The molecule has 1 N–H and O–H groups in total. The Morgan fingerprint density at radius 3 is 2.43 bits per heavy atom. The minimum Gasteiger partial charge on any atom is -0.349 e. The van der Waals surface area contributed by atoms with Crippen LogP contribution in [0.1, 0.15) is 29.7 Å². The summed E-state index contributed by atoms with van der Waals surface area (Å²) in [6.45, 7) is 4.08. The van der Waals surface area contributed by atoms with E-state index in [0.29, 0.717) is 6.42 Å². The van der Waals surface area contributed by atoms with E-state index in [4.69, 9.17) is 0 Å². The van der Waals surface area contributed by atoms with E-state index in [-0.39, 0.29) is 11.9 Å². The second kappa shape index (κ2) is 6.66. The van der Waals surface area contributed by atoms with Gasteiger partial charge >= 0.3 is 0 Å². The second-order valence-corrected chi connectivity index (χ2v) is 6.02. The fraction of sp³-hybridized carbons (Fsp3) is 0.190. The van der Waals surface area contributed by atoms with Crippen molar-refractivity contribution in [3.63, 3.8) is 0 Å². The Kier molecular flexibility index (Phi) is 4.42. The van der Waals surface area contributed by atoms with Gasteiger partial charge in [0, 0.05) is 0 Å². The molecule has 1 unspecified atom stereocenters. The van der Waals surface area contributed by atoms with Gasteiger partial charge in [0.1, 0.15) is 0 Å². The average molecular weight is 303 g/mol. The number of carbonyl (C=O) groups excluding carboxylic acids is 1. The molecule has 0 saturated heterocycles. The first-order valence-corrected chi connectivity index (χ1v) is 7.96. The molecule has 3 aromatic rings. The molecular formula is C21H21NO. The molecule has 1 amide bonds. The number of nitrogens with one attached hydrogen (secondary N) is 1. The van der Waals surface area contributed by atoms with Crippen molar-refractivity contribution >= 4 is 16.7 Å². The van der Waals surface area contributed by atoms with Gasteiger partial charge in [0.25, 0.3) is 0 Å². The summed E-state index contributed by atoms with van der Waals surface area (Å²) in [4.78, 5) is 12.3. The van der Waals surface area contributed by atoms with Crippen LogP contribution in [0.3, 0.4) is 0 Å². The monoisotopic (exact) mass is 303 g/mol. The van der Waals surface area contributed by atoms with Gasteiger partial charge in [0.05, 0.1) is 12.5 Å². The maximum Gasteiger partial charge on any atom is 0.224 e. The summed E-state index contributed by atoms with van der Waals surface area (Å²) < 4.78 is 0. The van der Waals surface area contributed by atoms with Gasteiger partial charge in [-0.25, -0.2) is 0 Å². The number of rotatable bonds is 4. The molecule has 0 heterocycles. The molecule has 0 aliphatic rings. The molecule has 0 aliphatic heterocycles. The summed E-state index contributed by atoms with van der Waals surface area (Å²) in [7, 11) is 0. The predicted octanol–water partition coefficient (Wildman–Crippen LogP) is 4.57. The third-order valence-corrected chi connectivity index (χ3v) is 4.15. The Balaban J connectivity index is 1.74. The molecule has 3 rings (SSSR count). The van der Waals surface area contributed by atoms with Gasteiger partial charge in [0.2, 0.25) is 5.91 Å². The number of amides is 1. The molecule has 0 radical (unpaired) electrons. The van der Waals surface area contributed by atoms with Crippen molar-refractivity contribution in [1.29, 1.82) is 0 Å². The van der Waals surface area contributed by atoms with Crippen molar-refractivity contribution in [2.45, 2.75) is 26.3 Å². The number of hydrogen-bond acceptors (Lipinski definition) is 1. The third-order valence-electron chi connectivity index (χ3n) is 4.15. The SMILES string of the molecule is Cc1ccc(CC(=O)NC(C)c2cccc3ccccc23)cc1. The zero-order valence-electron chi connectivity index (χ0n) is 13.5. The normalized spacial score (nSPS) is 12.1. The van der Waals surface area contributed by atoms with Crippen molar-refractivity contribution in [3.8, 4) is 0 Å². The number of aryl methyl sites for hydroxylation is 1.